The van der Waals surface area contributed by atoms with E-state index >= 15 is 0 Å². The summed E-state index contributed by atoms with van der Waals surface area (Å²) in [6, 6.07) is 1.21. The van der Waals surface area contributed by atoms with Gasteiger partial charge in [-0.25, -0.2) is 25.9 Å². The van der Waals surface area contributed by atoms with E-state index < -0.39 is 38.9 Å². The van der Waals surface area contributed by atoms with Crippen LogP contribution < -0.4 is 5.32 Å². The van der Waals surface area contributed by atoms with Crippen molar-refractivity contribution in [3.8, 4) is 0 Å². The van der Waals surface area contributed by atoms with E-state index in [1.165, 1.54) is 4.31 Å². The van der Waals surface area contributed by atoms with Gasteiger partial charge in [0.1, 0.15) is 0 Å². The Morgan fingerprint density at radius 1 is 1.22 bits per heavy atom. The molecule has 1 saturated heterocycles. The van der Waals surface area contributed by atoms with E-state index in [0.717, 1.165) is 6.07 Å². The molecule has 1 amide bonds. The molecule has 0 saturated carbocycles. The zero-order chi connectivity index (χ0) is 17.2. The van der Waals surface area contributed by atoms with Crippen LogP contribution in [-0.2, 0) is 10.0 Å². The van der Waals surface area contributed by atoms with Crippen molar-refractivity contribution in [2.75, 3.05) is 18.8 Å². The van der Waals surface area contributed by atoms with Crippen molar-refractivity contribution < 1.29 is 26.4 Å². The lowest BCUT2D eigenvalue weighted by molar-refractivity contribution is 0.0918. The summed E-state index contributed by atoms with van der Waals surface area (Å²) in [6.45, 7) is 2.05. The maximum Gasteiger partial charge on any atom is 0.254 e. The van der Waals surface area contributed by atoms with Gasteiger partial charge in [0.15, 0.2) is 17.5 Å². The maximum atomic E-state index is 13.6. The molecule has 1 fully saturated rings. The molecular weight excluding hydrogens is 333 g/mol. The molecule has 1 aliphatic rings. The van der Waals surface area contributed by atoms with Crippen LogP contribution in [0.3, 0.4) is 0 Å². The molecule has 0 atom stereocenters. The van der Waals surface area contributed by atoms with Crippen LogP contribution in [0.4, 0.5) is 13.2 Å². The van der Waals surface area contributed by atoms with Crippen LogP contribution in [0.25, 0.3) is 0 Å². The number of sulfonamides is 1. The minimum Gasteiger partial charge on any atom is -0.349 e. The van der Waals surface area contributed by atoms with Crippen LogP contribution in [0.5, 0.6) is 0 Å². The molecule has 1 aromatic carbocycles. The number of hydrogen-bond donors (Lipinski definition) is 1. The first-order chi connectivity index (χ1) is 10.8. The number of rotatable bonds is 4. The molecule has 23 heavy (non-hydrogen) atoms. The third-order valence-corrected chi connectivity index (χ3v) is 5.71. The van der Waals surface area contributed by atoms with Crippen molar-refractivity contribution in [2.45, 2.75) is 25.8 Å². The largest absolute Gasteiger partial charge is 0.349 e. The number of hydrogen-bond acceptors (Lipinski definition) is 3. The Morgan fingerprint density at radius 3 is 2.39 bits per heavy atom. The van der Waals surface area contributed by atoms with E-state index in [1.807, 2.05) is 0 Å². The van der Waals surface area contributed by atoms with Gasteiger partial charge in [-0.1, -0.05) is 0 Å². The number of nitrogens with zero attached hydrogens (tertiary/aromatic N) is 1. The predicted molar refractivity (Wildman–Crippen MR) is 77.8 cm³/mol. The molecule has 0 radical (unpaired) electrons. The van der Waals surface area contributed by atoms with Gasteiger partial charge in [0.25, 0.3) is 5.91 Å². The van der Waals surface area contributed by atoms with Gasteiger partial charge in [-0.2, -0.15) is 0 Å². The van der Waals surface area contributed by atoms with E-state index in [9.17, 15) is 26.4 Å². The number of benzene rings is 1. The number of carbonyl (C=O) groups is 1. The monoisotopic (exact) mass is 350 g/mol. The lowest BCUT2D eigenvalue weighted by atomic mass is 10.1. The van der Waals surface area contributed by atoms with E-state index in [4.69, 9.17) is 0 Å². The summed E-state index contributed by atoms with van der Waals surface area (Å²) in [5.41, 5.74) is -0.576. The fourth-order valence-electron chi connectivity index (χ4n) is 2.43. The van der Waals surface area contributed by atoms with Crippen LogP contribution >= 0.6 is 0 Å². The van der Waals surface area contributed by atoms with Crippen molar-refractivity contribution in [3.63, 3.8) is 0 Å². The second kappa shape index (κ2) is 6.88. The van der Waals surface area contributed by atoms with Gasteiger partial charge in [-0.15, -0.1) is 0 Å². The number of carbonyl (C=O) groups excluding carboxylic acids is 1. The van der Waals surface area contributed by atoms with Crippen molar-refractivity contribution in [3.05, 3.63) is 35.1 Å². The first-order valence-electron chi connectivity index (χ1n) is 7.18. The van der Waals surface area contributed by atoms with E-state index in [1.54, 1.807) is 6.92 Å². The van der Waals surface area contributed by atoms with E-state index in [0.29, 0.717) is 18.9 Å². The van der Waals surface area contributed by atoms with Crippen LogP contribution in [-0.4, -0.2) is 43.5 Å². The van der Waals surface area contributed by atoms with Crippen LogP contribution in [0.1, 0.15) is 30.1 Å². The summed E-state index contributed by atoms with van der Waals surface area (Å²) < 4.78 is 64.4. The summed E-state index contributed by atoms with van der Waals surface area (Å²) in [5, 5.41) is 2.52. The minimum atomic E-state index is -3.27. The molecule has 5 nitrogen and oxygen atoms in total. The molecule has 9 heteroatoms. The lowest BCUT2D eigenvalue weighted by Gasteiger charge is -2.31. The summed E-state index contributed by atoms with van der Waals surface area (Å²) in [4.78, 5) is 12.0. The average molecular weight is 350 g/mol. The van der Waals surface area contributed by atoms with Gasteiger partial charge >= 0.3 is 0 Å². The van der Waals surface area contributed by atoms with E-state index in [2.05, 4.69) is 5.32 Å². The third kappa shape index (κ3) is 3.84. The average Bonchev–Trinajstić information content (AvgIpc) is 2.53. The highest BCUT2D eigenvalue weighted by Crippen LogP contribution is 2.18. The molecule has 1 N–H and O–H groups in total. The zero-order valence-electron chi connectivity index (χ0n) is 12.5. The first-order valence-corrected chi connectivity index (χ1v) is 8.79. The molecule has 0 aliphatic carbocycles. The highest BCUT2D eigenvalue weighted by atomic mass is 32.2. The SMILES string of the molecule is CCS(=O)(=O)N1CCC(NC(=O)c2ccc(F)c(F)c2F)CC1. The fourth-order valence-corrected chi connectivity index (χ4v) is 3.56. The Kier molecular flexibility index (Phi) is 5.30. The number of nitrogens with one attached hydrogen (secondary N) is 1. The van der Waals surface area contributed by atoms with Gasteiger partial charge in [0.05, 0.1) is 11.3 Å². The summed E-state index contributed by atoms with van der Waals surface area (Å²) >= 11 is 0. The number of amides is 1. The van der Waals surface area contributed by atoms with Crippen LogP contribution in [0.15, 0.2) is 12.1 Å². The van der Waals surface area contributed by atoms with Crippen molar-refractivity contribution in [1.29, 1.82) is 0 Å². The van der Waals surface area contributed by atoms with Crippen LogP contribution in [0, 0.1) is 17.5 Å². The van der Waals surface area contributed by atoms with Crippen molar-refractivity contribution in [2.24, 2.45) is 0 Å². The van der Waals surface area contributed by atoms with Crippen LogP contribution in [0.2, 0.25) is 0 Å². The van der Waals surface area contributed by atoms with Gasteiger partial charge in [0.2, 0.25) is 10.0 Å². The quantitative estimate of drug-likeness (QED) is 0.840. The molecule has 1 heterocycles. The van der Waals surface area contributed by atoms with E-state index in [-0.39, 0.29) is 24.9 Å². The molecule has 0 bridgehead atoms. The second-order valence-corrected chi connectivity index (χ2v) is 7.53. The summed E-state index contributed by atoms with van der Waals surface area (Å²) in [7, 11) is -3.27. The Balaban J connectivity index is 2.00. The summed E-state index contributed by atoms with van der Waals surface area (Å²) in [6.07, 6.45) is 0.743. The van der Waals surface area contributed by atoms with Gasteiger partial charge in [-0.3, -0.25) is 4.79 Å². The molecule has 0 spiro atoms. The molecule has 0 unspecified atom stereocenters. The molecule has 1 aromatic rings. The first kappa shape index (κ1) is 17.7. The van der Waals surface area contributed by atoms with Gasteiger partial charge in [0, 0.05) is 19.1 Å². The second-order valence-electron chi connectivity index (χ2n) is 5.27. The Labute approximate surface area is 132 Å². The Hall–Kier alpha value is -1.61. The molecule has 1 aliphatic heterocycles. The predicted octanol–water partition coefficient (Wildman–Crippen LogP) is 1.65. The topological polar surface area (TPSA) is 66.5 Å². The Bertz CT molecular complexity index is 701. The van der Waals surface area contributed by atoms with Gasteiger partial charge in [-0.05, 0) is 31.9 Å². The molecule has 128 valence electrons. The standard InChI is InChI=1S/C14H17F3N2O3S/c1-2-23(21,22)19-7-5-9(6-8-19)18-14(20)10-3-4-11(15)13(17)12(10)16/h3-4,9H,2,5-8H2,1H3,(H,18,20). The Morgan fingerprint density at radius 2 is 1.83 bits per heavy atom. The maximum absolute atomic E-state index is 13.6. The number of halogens is 3. The fraction of sp³-hybridized carbons (Fsp3) is 0.500. The lowest BCUT2D eigenvalue weighted by Crippen LogP contribution is -2.47. The molecular formula is C14H17F3N2O3S. The van der Waals surface area contributed by atoms with Crippen molar-refractivity contribution >= 4 is 15.9 Å². The number of piperidine rings is 1. The van der Waals surface area contributed by atoms with Crippen molar-refractivity contribution in [1.82, 2.24) is 9.62 Å². The smallest absolute Gasteiger partial charge is 0.254 e. The molecule has 2 rings (SSSR count). The molecule has 0 aromatic heterocycles. The highest BCUT2D eigenvalue weighted by Gasteiger charge is 2.28. The minimum absolute atomic E-state index is 0.00406. The zero-order valence-corrected chi connectivity index (χ0v) is 13.3. The summed E-state index contributed by atoms with van der Waals surface area (Å²) in [5.74, 6) is -5.44. The highest BCUT2D eigenvalue weighted by molar-refractivity contribution is 7.89. The third-order valence-electron chi connectivity index (χ3n) is 3.83. The van der Waals surface area contributed by atoms with Gasteiger partial charge < -0.3 is 5.32 Å². The normalized spacial score (nSPS) is 17.2.